The summed E-state index contributed by atoms with van der Waals surface area (Å²) in [5, 5.41) is 30.1. The van der Waals surface area contributed by atoms with Crippen LogP contribution in [0.15, 0.2) is 78.9 Å². The Hall–Kier alpha value is -2.73. The lowest BCUT2D eigenvalue weighted by atomic mass is 9.89. The minimum atomic E-state index is -0.773. The maximum absolute atomic E-state index is 10.9. The predicted molar refractivity (Wildman–Crippen MR) is 153 cm³/mol. The first kappa shape index (κ1) is 29.8. The van der Waals surface area contributed by atoms with Gasteiger partial charge in [-0.25, -0.2) is 0 Å². The average molecular weight is 521 g/mol. The van der Waals surface area contributed by atoms with Gasteiger partial charge in [-0.3, -0.25) is 4.79 Å². The van der Waals surface area contributed by atoms with Crippen LogP contribution in [0.25, 0.3) is 11.1 Å². The Labute approximate surface area is 227 Å². The van der Waals surface area contributed by atoms with Crippen molar-refractivity contribution in [2.75, 3.05) is 0 Å². The second kappa shape index (κ2) is 16.3. The third-order valence-corrected chi connectivity index (χ3v) is 7.41. The Morgan fingerprint density at radius 3 is 2.47 bits per heavy atom. The van der Waals surface area contributed by atoms with E-state index in [4.69, 9.17) is 9.84 Å². The molecule has 0 amide bonds. The minimum Gasteiger partial charge on any atom is -0.481 e. The number of benzene rings is 2. The number of ether oxygens (including phenoxy) is 1. The molecule has 0 saturated heterocycles. The lowest BCUT2D eigenvalue weighted by Gasteiger charge is -2.23. The Morgan fingerprint density at radius 2 is 1.76 bits per heavy atom. The van der Waals surface area contributed by atoms with E-state index < -0.39 is 18.2 Å². The monoisotopic (exact) mass is 520 g/mol. The van der Waals surface area contributed by atoms with Gasteiger partial charge in [0.2, 0.25) is 0 Å². The van der Waals surface area contributed by atoms with Gasteiger partial charge < -0.3 is 20.1 Å². The summed E-state index contributed by atoms with van der Waals surface area (Å²) in [5.41, 5.74) is 3.44. The smallest absolute Gasteiger partial charge is 0.303 e. The summed E-state index contributed by atoms with van der Waals surface area (Å²) in [6, 6.07) is 18.7. The zero-order valence-electron chi connectivity index (χ0n) is 22.6. The number of unbranched alkanes of at least 4 members (excludes halogenated alkanes) is 3. The third kappa shape index (κ3) is 9.86. The summed E-state index contributed by atoms with van der Waals surface area (Å²) in [5.74, 6) is -0.779. The first-order chi connectivity index (χ1) is 18.5. The van der Waals surface area contributed by atoms with Crippen LogP contribution in [0.3, 0.4) is 0 Å². The predicted octanol–water partition coefficient (Wildman–Crippen LogP) is 6.93. The van der Waals surface area contributed by atoms with Gasteiger partial charge in [0.25, 0.3) is 0 Å². The largest absolute Gasteiger partial charge is 0.481 e. The molecule has 206 valence electrons. The highest BCUT2D eigenvalue weighted by Crippen LogP contribution is 2.39. The molecule has 2 aromatic carbocycles. The molecule has 5 nitrogen and oxygen atoms in total. The quantitative estimate of drug-likeness (QED) is 0.165. The van der Waals surface area contributed by atoms with Gasteiger partial charge in [0, 0.05) is 18.8 Å². The van der Waals surface area contributed by atoms with E-state index in [9.17, 15) is 15.0 Å². The van der Waals surface area contributed by atoms with Crippen LogP contribution in [0.2, 0.25) is 0 Å². The summed E-state index contributed by atoms with van der Waals surface area (Å²) in [7, 11) is 0. The summed E-state index contributed by atoms with van der Waals surface area (Å²) in [6.07, 6.45) is 13.6. The number of rotatable bonds is 16. The molecule has 0 bridgehead atoms. The van der Waals surface area contributed by atoms with Crippen molar-refractivity contribution in [2.45, 2.75) is 89.6 Å². The third-order valence-electron chi connectivity index (χ3n) is 7.41. The molecule has 1 aliphatic rings. The molecular formula is C33H44O5. The van der Waals surface area contributed by atoms with Gasteiger partial charge in [0.15, 0.2) is 0 Å². The highest BCUT2D eigenvalue weighted by molar-refractivity contribution is 5.66. The molecule has 0 unspecified atom stereocenters. The summed E-state index contributed by atoms with van der Waals surface area (Å²) in [6.45, 7) is 2.62. The number of aliphatic hydroxyl groups excluding tert-OH is 2. The van der Waals surface area contributed by atoms with Crippen molar-refractivity contribution in [1.29, 1.82) is 0 Å². The summed E-state index contributed by atoms with van der Waals surface area (Å²) < 4.78 is 6.38. The van der Waals surface area contributed by atoms with Crippen molar-refractivity contribution in [1.82, 2.24) is 0 Å². The van der Waals surface area contributed by atoms with Crippen LogP contribution < -0.4 is 0 Å². The van der Waals surface area contributed by atoms with Crippen LogP contribution in [0, 0.1) is 11.8 Å². The second-order valence-corrected chi connectivity index (χ2v) is 10.4. The number of allylic oxidation sites excluding steroid dienone is 2. The van der Waals surface area contributed by atoms with Gasteiger partial charge in [-0.15, -0.1) is 0 Å². The van der Waals surface area contributed by atoms with Crippen molar-refractivity contribution in [2.24, 2.45) is 11.8 Å². The number of hydrogen-bond acceptors (Lipinski definition) is 4. The SMILES string of the molecule is CCCCC[C@@H](O)/C=C/[C@@H]1[C@@H](C/C=C\CCCC(=O)O)[C@@H](OCc2ccc(-c3ccccc3)cc2)C[C@H]1O. The molecule has 1 fully saturated rings. The molecule has 0 heterocycles. The van der Waals surface area contributed by atoms with Crippen LogP contribution in [0.5, 0.6) is 0 Å². The van der Waals surface area contributed by atoms with E-state index in [-0.39, 0.29) is 24.4 Å². The topological polar surface area (TPSA) is 87.0 Å². The van der Waals surface area contributed by atoms with Gasteiger partial charge in [0.05, 0.1) is 24.9 Å². The van der Waals surface area contributed by atoms with Crippen molar-refractivity contribution < 1.29 is 24.9 Å². The van der Waals surface area contributed by atoms with E-state index in [1.54, 1.807) is 0 Å². The van der Waals surface area contributed by atoms with Gasteiger partial charge in [0.1, 0.15) is 0 Å². The van der Waals surface area contributed by atoms with Crippen LogP contribution in [0.1, 0.15) is 70.3 Å². The fourth-order valence-electron chi connectivity index (χ4n) is 5.20. The molecule has 5 atom stereocenters. The first-order valence-electron chi connectivity index (χ1n) is 14.1. The minimum absolute atomic E-state index is 0.0865. The first-order valence-corrected chi connectivity index (χ1v) is 14.1. The van der Waals surface area contributed by atoms with E-state index in [0.29, 0.717) is 19.4 Å². The standard InChI is InChI=1S/C33H44O5/c1-2-3-7-14-28(34)21-22-29-30(15-10-4-5-11-16-33(36)37)32(23-31(29)35)38-24-25-17-19-27(20-18-25)26-12-8-6-9-13-26/h4,6,8-10,12-13,17-22,28-32,34-35H,2-3,5,7,11,14-16,23-24H2,1H3,(H,36,37)/b10-4-,22-21+/t28-,29-,30-,31-,32+/m1/s1. The number of hydrogen-bond donors (Lipinski definition) is 3. The maximum atomic E-state index is 10.9. The zero-order valence-corrected chi connectivity index (χ0v) is 22.6. The van der Waals surface area contributed by atoms with E-state index >= 15 is 0 Å². The fraction of sp³-hybridized carbons (Fsp3) is 0.485. The fourth-order valence-corrected chi connectivity index (χ4v) is 5.20. The van der Waals surface area contributed by atoms with Crippen LogP contribution >= 0.6 is 0 Å². The van der Waals surface area contributed by atoms with Crippen molar-refractivity contribution in [3.8, 4) is 11.1 Å². The number of aliphatic carboxylic acids is 1. The molecule has 0 aromatic heterocycles. The van der Waals surface area contributed by atoms with E-state index in [1.165, 1.54) is 11.1 Å². The lowest BCUT2D eigenvalue weighted by molar-refractivity contribution is -0.137. The molecule has 3 N–H and O–H groups in total. The zero-order chi connectivity index (χ0) is 27.2. The average Bonchev–Trinajstić information content (AvgIpc) is 3.22. The molecule has 0 spiro atoms. The van der Waals surface area contributed by atoms with Crippen LogP contribution in [-0.4, -0.2) is 39.6 Å². The molecule has 0 radical (unpaired) electrons. The lowest BCUT2D eigenvalue weighted by Crippen LogP contribution is -2.22. The molecule has 3 rings (SSSR count). The molecule has 0 aliphatic heterocycles. The van der Waals surface area contributed by atoms with Gasteiger partial charge in [-0.2, -0.15) is 0 Å². The molecule has 2 aromatic rings. The summed E-state index contributed by atoms with van der Waals surface area (Å²) in [4.78, 5) is 10.8. The Balaban J connectivity index is 1.62. The Kier molecular flexibility index (Phi) is 12.8. The number of carboxylic acid groups (broad SMARTS) is 1. The van der Waals surface area contributed by atoms with Gasteiger partial charge in [-0.05, 0) is 48.3 Å². The van der Waals surface area contributed by atoms with Crippen LogP contribution in [0.4, 0.5) is 0 Å². The normalized spacial score (nSPS) is 22.4. The second-order valence-electron chi connectivity index (χ2n) is 10.4. The number of carbonyl (C=O) groups is 1. The molecule has 1 aliphatic carbocycles. The highest BCUT2D eigenvalue weighted by Gasteiger charge is 2.41. The summed E-state index contributed by atoms with van der Waals surface area (Å²) >= 11 is 0. The van der Waals surface area contributed by atoms with Crippen molar-refractivity contribution in [3.63, 3.8) is 0 Å². The van der Waals surface area contributed by atoms with Gasteiger partial charge in [-0.1, -0.05) is 105 Å². The van der Waals surface area contributed by atoms with Gasteiger partial charge >= 0.3 is 5.97 Å². The highest BCUT2D eigenvalue weighted by atomic mass is 16.5. The number of aliphatic hydroxyl groups is 2. The maximum Gasteiger partial charge on any atom is 0.303 e. The van der Waals surface area contributed by atoms with Crippen molar-refractivity contribution >= 4 is 5.97 Å². The Bertz CT molecular complexity index is 998. The molecule has 1 saturated carbocycles. The van der Waals surface area contributed by atoms with Crippen molar-refractivity contribution in [3.05, 3.63) is 84.5 Å². The van der Waals surface area contributed by atoms with E-state index in [2.05, 4.69) is 49.4 Å². The van der Waals surface area contributed by atoms with E-state index in [0.717, 1.165) is 44.1 Å². The van der Waals surface area contributed by atoms with Crippen LogP contribution in [-0.2, 0) is 16.1 Å². The molecule has 5 heteroatoms. The van der Waals surface area contributed by atoms with E-state index in [1.807, 2.05) is 36.4 Å². The molecular weight excluding hydrogens is 476 g/mol. The Morgan fingerprint density at radius 1 is 1.03 bits per heavy atom. The molecule has 38 heavy (non-hydrogen) atoms. The number of carboxylic acids is 1.